The highest BCUT2D eigenvalue weighted by Crippen LogP contribution is 2.42. The number of pyridine rings is 1. The van der Waals surface area contributed by atoms with Crippen molar-refractivity contribution in [1.82, 2.24) is 9.55 Å². The summed E-state index contributed by atoms with van der Waals surface area (Å²) in [6, 6.07) is 34.2. The number of methoxy groups -OCH3 is 1. The monoisotopic (exact) mass is 629 g/mol. The lowest BCUT2D eigenvalue weighted by Crippen LogP contribution is -2.67. The Hall–Kier alpha value is -4.02. The maximum Gasteiger partial charge on any atom is 0.261 e. The summed E-state index contributed by atoms with van der Waals surface area (Å²) in [5.74, 6) is 0. The fraction of sp³-hybridized carbons (Fsp3) is 0.350. The van der Waals surface area contributed by atoms with Crippen molar-refractivity contribution >= 4 is 29.6 Å². The lowest BCUT2D eigenvalue weighted by molar-refractivity contribution is 0.116. The van der Waals surface area contributed by atoms with Gasteiger partial charge in [-0.15, -0.1) is 0 Å². The van der Waals surface area contributed by atoms with Crippen molar-refractivity contribution in [2.45, 2.75) is 72.6 Å². The number of aromatic nitrogens is 2. The van der Waals surface area contributed by atoms with Crippen LogP contribution >= 0.6 is 0 Å². The summed E-state index contributed by atoms with van der Waals surface area (Å²) in [6.07, 6.45) is 2.42. The van der Waals surface area contributed by atoms with Crippen molar-refractivity contribution in [3.05, 3.63) is 114 Å². The fourth-order valence-corrected chi connectivity index (χ4v) is 11.7. The third kappa shape index (κ3) is 6.20. The van der Waals surface area contributed by atoms with Gasteiger partial charge in [-0.05, 0) is 77.0 Å². The molecule has 0 amide bonds. The summed E-state index contributed by atoms with van der Waals surface area (Å²) in [6.45, 7) is 17.2. The predicted molar refractivity (Wildman–Crippen MR) is 192 cm³/mol. The number of hydrogen-bond donors (Lipinski definition) is 0. The van der Waals surface area contributed by atoms with E-state index in [-0.39, 0.29) is 16.6 Å². The molecule has 5 nitrogen and oxygen atoms in total. The van der Waals surface area contributed by atoms with Crippen molar-refractivity contribution in [3.63, 3.8) is 0 Å². The van der Waals surface area contributed by atoms with E-state index in [4.69, 9.17) is 14.1 Å². The second-order valence-corrected chi connectivity index (χ2v) is 18.3. The predicted octanol–water partition coefficient (Wildman–Crippen LogP) is 8.45. The Balaban J connectivity index is 1.66. The van der Waals surface area contributed by atoms with Crippen molar-refractivity contribution in [3.8, 4) is 17.3 Å². The van der Waals surface area contributed by atoms with Crippen molar-refractivity contribution < 1.29 is 9.16 Å². The molecule has 0 aliphatic carbocycles. The van der Waals surface area contributed by atoms with E-state index in [2.05, 4.69) is 131 Å². The van der Waals surface area contributed by atoms with E-state index in [1.54, 1.807) is 7.11 Å². The lowest BCUT2D eigenvalue weighted by atomic mass is 9.84. The smallest absolute Gasteiger partial charge is 0.261 e. The summed E-state index contributed by atoms with van der Waals surface area (Å²) < 4.78 is 15.6. The number of rotatable bonds is 11. The van der Waals surface area contributed by atoms with Crippen LogP contribution in [0.4, 0.5) is 0 Å². The Morgan fingerprint density at radius 2 is 1.52 bits per heavy atom. The first-order valence-corrected chi connectivity index (χ1v) is 18.2. The van der Waals surface area contributed by atoms with Gasteiger partial charge < -0.3 is 13.7 Å². The van der Waals surface area contributed by atoms with E-state index in [1.165, 1.54) is 15.9 Å². The molecule has 3 aromatic carbocycles. The molecule has 0 saturated carbocycles. The molecule has 0 aliphatic rings. The third-order valence-corrected chi connectivity index (χ3v) is 14.2. The van der Waals surface area contributed by atoms with Crippen LogP contribution < -0.4 is 10.4 Å². The first kappa shape index (κ1) is 33.3. The Morgan fingerprint density at radius 1 is 0.891 bits per heavy atom. The van der Waals surface area contributed by atoms with E-state index in [1.807, 2.05) is 25.3 Å². The zero-order chi connectivity index (χ0) is 33.1. The van der Waals surface area contributed by atoms with Crippen LogP contribution in [-0.4, -0.2) is 31.6 Å². The standard InChI is InChI=1S/C40H47N3O2Si/c1-9-43-36-23-22-30(27-41)25-34(36)35(38(43)33-21-16-24-42-37(33)29(2)44-8)26-40(6,7)28-45-46(39(3,4)5,31-17-12-10-13-18-31)32-19-14-11-15-20-32/h10-25,29H,9,26,28H2,1-8H3/t29-/m0/s1. The molecule has 0 bridgehead atoms. The molecule has 6 heteroatoms. The van der Waals surface area contributed by atoms with Gasteiger partial charge in [0.2, 0.25) is 0 Å². The molecule has 0 unspecified atom stereocenters. The average molecular weight is 630 g/mol. The third-order valence-electron chi connectivity index (χ3n) is 9.20. The lowest BCUT2D eigenvalue weighted by Gasteiger charge is -2.44. The van der Waals surface area contributed by atoms with Crippen molar-refractivity contribution in [1.29, 1.82) is 5.26 Å². The van der Waals surface area contributed by atoms with Gasteiger partial charge in [-0.25, -0.2) is 0 Å². The van der Waals surface area contributed by atoms with E-state index >= 15 is 0 Å². The molecular weight excluding hydrogens is 583 g/mol. The highest BCUT2D eigenvalue weighted by Gasteiger charge is 2.50. The quantitative estimate of drug-likeness (QED) is 0.138. The van der Waals surface area contributed by atoms with E-state index in [0.717, 1.165) is 40.8 Å². The summed E-state index contributed by atoms with van der Waals surface area (Å²) in [7, 11) is -1.00. The van der Waals surface area contributed by atoms with Crippen LogP contribution in [0.5, 0.6) is 0 Å². The van der Waals surface area contributed by atoms with E-state index in [9.17, 15) is 5.26 Å². The average Bonchev–Trinajstić information content (AvgIpc) is 3.36. The highest BCUT2D eigenvalue weighted by atomic mass is 28.4. The molecule has 0 saturated heterocycles. The minimum Gasteiger partial charge on any atom is -0.407 e. The molecule has 2 aromatic heterocycles. The topological polar surface area (TPSA) is 60.1 Å². The molecule has 238 valence electrons. The molecule has 5 rings (SSSR count). The van der Waals surface area contributed by atoms with Crippen LogP contribution in [0, 0.1) is 16.7 Å². The molecule has 46 heavy (non-hydrogen) atoms. The molecule has 1 atom stereocenters. The minimum atomic E-state index is -2.73. The summed E-state index contributed by atoms with van der Waals surface area (Å²) in [4.78, 5) is 4.80. The summed E-state index contributed by atoms with van der Waals surface area (Å²) >= 11 is 0. The first-order valence-electron chi connectivity index (χ1n) is 16.3. The van der Waals surface area contributed by atoms with Gasteiger partial charge >= 0.3 is 0 Å². The van der Waals surface area contributed by atoms with Gasteiger partial charge in [0.05, 0.1) is 29.1 Å². The van der Waals surface area contributed by atoms with E-state index in [0.29, 0.717) is 12.2 Å². The first-order chi connectivity index (χ1) is 22.0. The summed E-state index contributed by atoms with van der Waals surface area (Å²) in [5, 5.41) is 13.4. The van der Waals surface area contributed by atoms with Crippen LogP contribution in [0.1, 0.15) is 71.4 Å². The Bertz CT molecular complexity index is 1790. The Kier molecular flexibility index (Phi) is 9.69. The maximum absolute atomic E-state index is 9.89. The molecular formula is C40H47N3O2Si. The fourth-order valence-electron chi connectivity index (χ4n) is 6.96. The van der Waals surface area contributed by atoms with Gasteiger partial charge in [0.1, 0.15) is 0 Å². The van der Waals surface area contributed by atoms with Gasteiger partial charge in [0, 0.05) is 42.9 Å². The minimum absolute atomic E-state index is 0.113. The van der Waals surface area contributed by atoms with Crippen LogP contribution in [0.3, 0.4) is 0 Å². The van der Waals surface area contributed by atoms with Gasteiger partial charge in [-0.2, -0.15) is 5.26 Å². The van der Waals surface area contributed by atoms with Gasteiger partial charge in [0.15, 0.2) is 0 Å². The highest BCUT2D eigenvalue weighted by molar-refractivity contribution is 6.99. The zero-order valence-electron chi connectivity index (χ0n) is 28.6. The number of benzene rings is 3. The Labute approximate surface area is 276 Å². The Morgan fingerprint density at radius 3 is 2.07 bits per heavy atom. The normalized spacial score (nSPS) is 13.1. The molecule has 0 fully saturated rings. The second-order valence-electron chi connectivity index (χ2n) is 14.0. The SMILES string of the molecule is CCn1c(-c2cccnc2[C@H](C)OC)c(CC(C)(C)CO[Si](c2ccccc2)(c2ccccc2)C(C)(C)C)c2cc(C#N)ccc21. The molecule has 2 heterocycles. The number of hydrogen-bond acceptors (Lipinski definition) is 4. The van der Waals surface area contributed by atoms with Crippen LogP contribution in [0.15, 0.2) is 97.2 Å². The molecule has 0 N–H and O–H groups in total. The summed E-state index contributed by atoms with van der Waals surface area (Å²) in [5.41, 5.74) is 5.85. The zero-order valence-corrected chi connectivity index (χ0v) is 29.6. The molecule has 5 aromatic rings. The largest absolute Gasteiger partial charge is 0.407 e. The van der Waals surface area contributed by atoms with Crippen LogP contribution in [0.2, 0.25) is 5.04 Å². The van der Waals surface area contributed by atoms with Crippen molar-refractivity contribution in [2.75, 3.05) is 13.7 Å². The van der Waals surface area contributed by atoms with Gasteiger partial charge in [0.25, 0.3) is 8.32 Å². The molecule has 0 aliphatic heterocycles. The number of aryl methyl sites for hydroxylation is 1. The van der Waals surface area contributed by atoms with E-state index < -0.39 is 8.32 Å². The molecule has 0 radical (unpaired) electrons. The number of fused-ring (bicyclic) bond motifs is 1. The molecule has 0 spiro atoms. The van der Waals surface area contributed by atoms with Crippen LogP contribution in [0.25, 0.3) is 22.2 Å². The van der Waals surface area contributed by atoms with Gasteiger partial charge in [-0.3, -0.25) is 4.98 Å². The number of ether oxygens (including phenoxy) is 1. The second kappa shape index (κ2) is 13.4. The van der Waals surface area contributed by atoms with Crippen LogP contribution in [-0.2, 0) is 22.1 Å². The maximum atomic E-state index is 9.89. The number of nitrogens with zero attached hydrogens (tertiary/aromatic N) is 3. The van der Waals surface area contributed by atoms with Crippen molar-refractivity contribution in [2.24, 2.45) is 5.41 Å². The number of nitriles is 1. The van der Waals surface area contributed by atoms with Gasteiger partial charge in [-0.1, -0.05) is 95.3 Å².